The molecule has 0 aliphatic heterocycles. The first-order chi connectivity index (χ1) is 13.5. The fourth-order valence-electron chi connectivity index (χ4n) is 2.47. The Morgan fingerprint density at radius 3 is 2.38 bits per heavy atom. The smallest absolute Gasteiger partial charge is 0.415 e. The minimum Gasteiger partial charge on any atom is -0.443 e. The predicted molar refractivity (Wildman–Crippen MR) is 106 cm³/mol. The number of hydrogen-bond acceptors (Lipinski definition) is 4. The zero-order valence-electron chi connectivity index (χ0n) is 16.8. The SMILES string of the molecule is Cc1ccc(CO)cc1NC(=O)CN(C(=O)OC(C)(C)C)c1ccc(F)c(F)c1. The fraction of sp³-hybridized carbons (Fsp3) is 0.333. The monoisotopic (exact) mass is 406 g/mol. The van der Waals surface area contributed by atoms with E-state index in [4.69, 9.17) is 4.74 Å². The molecule has 0 aliphatic rings. The van der Waals surface area contributed by atoms with Gasteiger partial charge < -0.3 is 15.2 Å². The number of aliphatic hydroxyl groups excluding tert-OH is 1. The van der Waals surface area contributed by atoms with Crippen molar-refractivity contribution in [3.63, 3.8) is 0 Å². The molecule has 0 aromatic heterocycles. The molecule has 156 valence electrons. The van der Waals surface area contributed by atoms with Crippen LogP contribution in [0.1, 0.15) is 31.9 Å². The Hall–Kier alpha value is -3.00. The number of anilines is 2. The van der Waals surface area contributed by atoms with Crippen LogP contribution in [0.15, 0.2) is 36.4 Å². The van der Waals surface area contributed by atoms with Crippen molar-refractivity contribution >= 4 is 23.4 Å². The van der Waals surface area contributed by atoms with Crippen LogP contribution < -0.4 is 10.2 Å². The summed E-state index contributed by atoms with van der Waals surface area (Å²) < 4.78 is 32.3. The summed E-state index contributed by atoms with van der Waals surface area (Å²) in [6.07, 6.45) is -0.875. The maximum Gasteiger partial charge on any atom is 0.415 e. The van der Waals surface area contributed by atoms with Gasteiger partial charge in [-0.25, -0.2) is 13.6 Å². The molecule has 0 saturated heterocycles. The highest BCUT2D eigenvalue weighted by molar-refractivity contribution is 6.00. The summed E-state index contributed by atoms with van der Waals surface area (Å²) in [6, 6.07) is 7.95. The van der Waals surface area contributed by atoms with E-state index in [1.807, 2.05) is 0 Å². The second-order valence-corrected chi connectivity index (χ2v) is 7.52. The van der Waals surface area contributed by atoms with Gasteiger partial charge in [0.05, 0.1) is 12.3 Å². The number of hydrogen-bond donors (Lipinski definition) is 2. The van der Waals surface area contributed by atoms with E-state index >= 15 is 0 Å². The van der Waals surface area contributed by atoms with Crippen molar-refractivity contribution in [2.45, 2.75) is 39.9 Å². The summed E-state index contributed by atoms with van der Waals surface area (Å²) in [5, 5.41) is 11.9. The zero-order chi connectivity index (χ0) is 21.8. The van der Waals surface area contributed by atoms with Gasteiger partial charge >= 0.3 is 6.09 Å². The molecular weight excluding hydrogens is 382 g/mol. The van der Waals surface area contributed by atoms with Crippen molar-refractivity contribution < 1.29 is 28.2 Å². The van der Waals surface area contributed by atoms with Crippen LogP contribution in [-0.2, 0) is 16.1 Å². The average Bonchev–Trinajstić information content (AvgIpc) is 2.62. The highest BCUT2D eigenvalue weighted by Gasteiger charge is 2.26. The van der Waals surface area contributed by atoms with Crippen LogP contribution in [0.2, 0.25) is 0 Å². The fourth-order valence-corrected chi connectivity index (χ4v) is 2.47. The predicted octanol–water partition coefficient (Wildman–Crippen LogP) is 4.15. The third-order valence-electron chi connectivity index (χ3n) is 3.89. The van der Waals surface area contributed by atoms with Crippen LogP contribution in [0, 0.1) is 18.6 Å². The maximum atomic E-state index is 13.7. The minimum atomic E-state index is -1.15. The highest BCUT2D eigenvalue weighted by atomic mass is 19.2. The second kappa shape index (κ2) is 9.00. The van der Waals surface area contributed by atoms with E-state index < -0.39 is 35.8 Å². The van der Waals surface area contributed by atoms with Crippen molar-refractivity contribution in [2.75, 3.05) is 16.8 Å². The van der Waals surface area contributed by atoms with Crippen molar-refractivity contribution in [1.82, 2.24) is 0 Å². The molecule has 0 saturated carbocycles. The van der Waals surface area contributed by atoms with Crippen LogP contribution in [0.3, 0.4) is 0 Å². The van der Waals surface area contributed by atoms with Crippen molar-refractivity contribution in [3.05, 3.63) is 59.2 Å². The van der Waals surface area contributed by atoms with Gasteiger partial charge in [0.15, 0.2) is 11.6 Å². The first-order valence-electron chi connectivity index (χ1n) is 8.96. The number of carbonyl (C=O) groups is 2. The summed E-state index contributed by atoms with van der Waals surface area (Å²) in [4.78, 5) is 26.1. The first-order valence-corrected chi connectivity index (χ1v) is 8.96. The lowest BCUT2D eigenvalue weighted by Crippen LogP contribution is -2.41. The second-order valence-electron chi connectivity index (χ2n) is 7.52. The lowest BCUT2D eigenvalue weighted by Gasteiger charge is -2.27. The summed E-state index contributed by atoms with van der Waals surface area (Å²) in [5.41, 5.74) is 0.962. The van der Waals surface area contributed by atoms with Gasteiger partial charge in [-0.3, -0.25) is 9.69 Å². The molecule has 2 N–H and O–H groups in total. The Balaban J connectivity index is 2.28. The third kappa shape index (κ3) is 6.25. The molecule has 0 radical (unpaired) electrons. The molecule has 2 aromatic rings. The summed E-state index contributed by atoms with van der Waals surface area (Å²) in [7, 11) is 0. The van der Waals surface area contributed by atoms with E-state index in [2.05, 4.69) is 5.32 Å². The Kier molecular flexibility index (Phi) is 6.92. The van der Waals surface area contributed by atoms with Crippen LogP contribution in [0.25, 0.3) is 0 Å². The molecule has 8 heteroatoms. The van der Waals surface area contributed by atoms with Crippen molar-refractivity contribution in [2.24, 2.45) is 0 Å². The molecule has 2 rings (SSSR count). The summed E-state index contributed by atoms with van der Waals surface area (Å²) in [5.74, 6) is -2.79. The molecule has 0 aliphatic carbocycles. The molecular formula is C21H24F2N2O4. The van der Waals surface area contributed by atoms with Crippen molar-refractivity contribution in [3.8, 4) is 0 Å². The van der Waals surface area contributed by atoms with E-state index in [1.165, 1.54) is 6.07 Å². The molecule has 0 unspecified atom stereocenters. The molecule has 0 heterocycles. The van der Waals surface area contributed by atoms with Gasteiger partial charge in [-0.1, -0.05) is 12.1 Å². The largest absolute Gasteiger partial charge is 0.443 e. The number of ether oxygens (including phenoxy) is 1. The topological polar surface area (TPSA) is 78.9 Å². The number of carbonyl (C=O) groups excluding carboxylic acids is 2. The number of aliphatic hydroxyl groups is 1. The van der Waals surface area contributed by atoms with E-state index in [0.29, 0.717) is 11.3 Å². The van der Waals surface area contributed by atoms with Gasteiger partial charge in [0, 0.05) is 11.8 Å². The Morgan fingerprint density at radius 1 is 1.10 bits per heavy atom. The van der Waals surface area contributed by atoms with E-state index in [0.717, 1.165) is 22.6 Å². The Labute approximate surface area is 168 Å². The van der Waals surface area contributed by atoms with Gasteiger partial charge in [0.1, 0.15) is 12.1 Å². The number of nitrogens with one attached hydrogen (secondary N) is 1. The normalized spacial score (nSPS) is 11.1. The number of amides is 2. The van der Waals surface area contributed by atoms with Gasteiger partial charge in [-0.05, 0) is 57.0 Å². The highest BCUT2D eigenvalue weighted by Crippen LogP contribution is 2.22. The van der Waals surface area contributed by atoms with Crippen molar-refractivity contribution in [1.29, 1.82) is 0 Å². The van der Waals surface area contributed by atoms with Gasteiger partial charge in [-0.15, -0.1) is 0 Å². The molecule has 2 aromatic carbocycles. The van der Waals surface area contributed by atoms with Gasteiger partial charge in [0.25, 0.3) is 0 Å². The molecule has 2 amide bonds. The lowest BCUT2D eigenvalue weighted by molar-refractivity contribution is -0.115. The van der Waals surface area contributed by atoms with Crippen LogP contribution in [-0.4, -0.2) is 29.3 Å². The summed E-state index contributed by atoms with van der Waals surface area (Å²) in [6.45, 7) is 6.05. The van der Waals surface area contributed by atoms with E-state index in [1.54, 1.807) is 45.9 Å². The molecule has 0 spiro atoms. The van der Waals surface area contributed by atoms with E-state index in [-0.39, 0.29) is 12.3 Å². The molecule has 0 fully saturated rings. The Bertz CT molecular complexity index is 910. The average molecular weight is 406 g/mol. The molecule has 0 atom stereocenters. The standard InChI is InChI=1S/C21H24F2N2O4/c1-13-5-6-14(12-26)9-18(13)24-19(27)11-25(20(28)29-21(2,3)4)15-7-8-16(22)17(23)10-15/h5-10,26H,11-12H2,1-4H3,(H,24,27). The lowest BCUT2D eigenvalue weighted by atomic mass is 10.1. The number of aryl methyl sites for hydroxylation is 1. The number of rotatable bonds is 5. The molecule has 29 heavy (non-hydrogen) atoms. The third-order valence-corrected chi connectivity index (χ3v) is 3.89. The summed E-state index contributed by atoms with van der Waals surface area (Å²) >= 11 is 0. The quantitative estimate of drug-likeness (QED) is 0.782. The van der Waals surface area contributed by atoms with E-state index in [9.17, 15) is 23.5 Å². The zero-order valence-corrected chi connectivity index (χ0v) is 16.8. The van der Waals surface area contributed by atoms with Gasteiger partial charge in [-0.2, -0.15) is 0 Å². The Morgan fingerprint density at radius 2 is 1.79 bits per heavy atom. The number of halogens is 2. The van der Waals surface area contributed by atoms with Crippen LogP contribution in [0.5, 0.6) is 0 Å². The number of nitrogens with zero attached hydrogens (tertiary/aromatic N) is 1. The molecule has 6 nitrogen and oxygen atoms in total. The maximum absolute atomic E-state index is 13.7. The van der Waals surface area contributed by atoms with Crippen LogP contribution >= 0.6 is 0 Å². The van der Waals surface area contributed by atoms with Gasteiger partial charge in [0.2, 0.25) is 5.91 Å². The number of benzene rings is 2. The van der Waals surface area contributed by atoms with Crippen LogP contribution in [0.4, 0.5) is 25.0 Å². The molecule has 0 bridgehead atoms. The minimum absolute atomic E-state index is 0.0193. The first kappa shape index (κ1) is 22.3.